The molecular formula is C37H32N2O15. The molecule has 1 aliphatic carbocycles. The number of ketones is 1. The number of benzene rings is 5. The maximum Gasteiger partial charge on any atom is 0.326 e. The fourth-order valence-corrected chi connectivity index (χ4v) is 7.66. The Hall–Kier alpha value is -6.91. The van der Waals surface area contributed by atoms with Gasteiger partial charge in [-0.3, -0.25) is 24.0 Å². The van der Waals surface area contributed by atoms with Gasteiger partial charge >= 0.3 is 23.9 Å². The minimum Gasteiger partial charge on any atom is -0.504 e. The number of carboxylic acid groups (broad SMARTS) is 4. The number of fused-ring (bicyclic) bond motifs is 1. The summed E-state index contributed by atoms with van der Waals surface area (Å²) in [5.74, 6) is -8.86. The number of anilines is 2. The lowest BCUT2D eigenvalue weighted by molar-refractivity contribution is -0.144. The minimum atomic E-state index is -1.90. The van der Waals surface area contributed by atoms with Crippen LogP contribution in [0.15, 0.2) is 27.3 Å². The van der Waals surface area contributed by atoms with Gasteiger partial charge < -0.3 is 50.4 Å². The molecule has 17 nitrogen and oxygen atoms in total. The summed E-state index contributed by atoms with van der Waals surface area (Å²) in [6.45, 7) is 2.82. The molecule has 3 unspecified atom stereocenters. The number of phenols is 1. The summed E-state index contributed by atoms with van der Waals surface area (Å²) in [5.41, 5.74) is -2.13. The molecule has 0 aromatic heterocycles. The molecule has 0 spiro atoms. The first-order valence-corrected chi connectivity index (χ1v) is 16.2. The number of nitrogens with one attached hydrogen (secondary N) is 2. The summed E-state index contributed by atoms with van der Waals surface area (Å²) in [6, 6.07) is -1.40. The summed E-state index contributed by atoms with van der Waals surface area (Å²) < 4.78 is 17.2. The van der Waals surface area contributed by atoms with Gasteiger partial charge in [0.2, 0.25) is 5.43 Å². The highest BCUT2D eigenvalue weighted by atomic mass is 16.5. The summed E-state index contributed by atoms with van der Waals surface area (Å²) >= 11 is 0. The summed E-state index contributed by atoms with van der Waals surface area (Å²) in [7, 11) is 3.75. The van der Waals surface area contributed by atoms with Gasteiger partial charge in [-0.15, -0.1) is 0 Å². The number of phenolic OH excluding ortho intramolecular Hbond substituents is 1. The van der Waals surface area contributed by atoms with Gasteiger partial charge in [-0.25, -0.2) is 9.59 Å². The molecule has 3 atom stereocenters. The zero-order valence-corrected chi connectivity index (χ0v) is 29.2. The number of Topliss-reactive ketones (excluding diaryl/α,β-unsaturated/α-hetero) is 1. The van der Waals surface area contributed by atoms with Crippen LogP contribution in [0.25, 0.3) is 49.2 Å². The predicted molar refractivity (Wildman–Crippen MR) is 194 cm³/mol. The van der Waals surface area contributed by atoms with E-state index in [0.29, 0.717) is 0 Å². The van der Waals surface area contributed by atoms with Crippen molar-refractivity contribution in [3.63, 3.8) is 0 Å². The van der Waals surface area contributed by atoms with Crippen molar-refractivity contribution in [2.24, 2.45) is 0 Å². The Balaban J connectivity index is 2.04. The van der Waals surface area contributed by atoms with Gasteiger partial charge in [0.1, 0.15) is 29.4 Å². The highest BCUT2D eigenvalue weighted by molar-refractivity contribution is 6.40. The van der Waals surface area contributed by atoms with Gasteiger partial charge in [0, 0.05) is 50.2 Å². The molecular weight excluding hydrogens is 712 g/mol. The van der Waals surface area contributed by atoms with Crippen LogP contribution in [0.5, 0.6) is 23.0 Å². The zero-order valence-electron chi connectivity index (χ0n) is 29.2. The lowest BCUT2D eigenvalue weighted by atomic mass is 9.80. The van der Waals surface area contributed by atoms with E-state index in [1.54, 1.807) is 6.92 Å². The van der Waals surface area contributed by atoms with E-state index in [0.717, 1.165) is 6.07 Å². The van der Waals surface area contributed by atoms with E-state index in [-0.39, 0.29) is 82.7 Å². The van der Waals surface area contributed by atoms with Crippen LogP contribution in [0, 0.1) is 0 Å². The molecule has 0 saturated heterocycles. The van der Waals surface area contributed by atoms with E-state index in [9.17, 15) is 59.1 Å². The first-order valence-electron chi connectivity index (χ1n) is 16.2. The number of carbonyl (C=O) groups is 5. The van der Waals surface area contributed by atoms with Crippen LogP contribution in [0.1, 0.15) is 43.7 Å². The van der Waals surface area contributed by atoms with Gasteiger partial charge in [-0.2, -0.15) is 0 Å². The number of methoxy groups -OCH3 is 3. The third-order valence-corrected chi connectivity index (χ3v) is 9.67. The van der Waals surface area contributed by atoms with Crippen molar-refractivity contribution in [2.45, 2.75) is 44.7 Å². The molecule has 0 radical (unpaired) electrons. The number of ether oxygens (including phenoxy) is 3. The standard InChI is InChI=1S/C37H32N2O15/c1-11-6-13-23-28-24(33(46)32(13)39-16(37(50)51)9-21(44)45)14(38-15(36(48)49)8-20(42)43)7-18(52-3)26(28)27-19(53-4)10-17(41)25-30(27)29(23)31(22(11)12(2)40)35(54-5)34(25)47/h6-7,10,15-16,22,38-39,47H,8-9H2,1-5H3,(H,42,43)(H,44,45)(H,48,49)(H,50,51). The van der Waals surface area contributed by atoms with E-state index >= 15 is 0 Å². The minimum absolute atomic E-state index is 0.0277. The summed E-state index contributed by atoms with van der Waals surface area (Å²) in [5, 5.41) is 56.0. The van der Waals surface area contributed by atoms with E-state index in [1.165, 1.54) is 40.4 Å². The molecule has 1 aliphatic rings. The van der Waals surface area contributed by atoms with Gasteiger partial charge in [-0.05, 0) is 19.2 Å². The molecule has 17 heteroatoms. The highest BCUT2D eigenvalue weighted by Crippen LogP contribution is 2.57. The predicted octanol–water partition coefficient (Wildman–Crippen LogP) is 3.40. The van der Waals surface area contributed by atoms with Crippen LogP contribution in [0.4, 0.5) is 11.4 Å². The fourth-order valence-electron chi connectivity index (χ4n) is 7.66. The van der Waals surface area contributed by atoms with Crippen molar-refractivity contribution in [1.82, 2.24) is 0 Å². The van der Waals surface area contributed by atoms with Crippen LogP contribution in [-0.2, 0) is 24.0 Å². The van der Waals surface area contributed by atoms with Crippen LogP contribution >= 0.6 is 0 Å². The van der Waals surface area contributed by atoms with E-state index in [1.807, 2.05) is 0 Å². The third kappa shape index (κ3) is 5.43. The molecule has 6 rings (SSSR count). The van der Waals surface area contributed by atoms with E-state index in [4.69, 9.17) is 14.2 Å². The van der Waals surface area contributed by atoms with Crippen LogP contribution in [-0.4, -0.2) is 88.6 Å². The van der Waals surface area contributed by atoms with Crippen molar-refractivity contribution in [2.75, 3.05) is 32.0 Å². The van der Waals surface area contributed by atoms with E-state index < -0.39 is 82.8 Å². The first kappa shape index (κ1) is 36.9. The highest BCUT2D eigenvalue weighted by Gasteiger charge is 2.38. The van der Waals surface area contributed by atoms with Crippen LogP contribution in [0.2, 0.25) is 0 Å². The Morgan fingerprint density at radius 2 is 1.26 bits per heavy atom. The maximum absolute atomic E-state index is 15.0. The van der Waals surface area contributed by atoms with Crippen molar-refractivity contribution < 1.29 is 63.7 Å². The van der Waals surface area contributed by atoms with Crippen molar-refractivity contribution >= 4 is 90.2 Å². The Bertz CT molecular complexity index is 2650. The second kappa shape index (κ2) is 13.3. The maximum atomic E-state index is 15.0. The smallest absolute Gasteiger partial charge is 0.326 e. The van der Waals surface area contributed by atoms with Crippen LogP contribution in [0.3, 0.4) is 0 Å². The van der Waals surface area contributed by atoms with Crippen molar-refractivity contribution in [3.8, 4) is 23.0 Å². The van der Waals surface area contributed by atoms with Crippen molar-refractivity contribution in [1.29, 1.82) is 0 Å². The van der Waals surface area contributed by atoms with Gasteiger partial charge in [0.25, 0.3) is 0 Å². The lowest BCUT2D eigenvalue weighted by Crippen LogP contribution is -2.34. The second-order valence-corrected chi connectivity index (χ2v) is 12.8. The second-order valence-electron chi connectivity index (χ2n) is 12.8. The normalized spacial score (nSPS) is 14.8. The molecule has 0 saturated carbocycles. The monoisotopic (exact) mass is 744 g/mol. The number of carboxylic acids is 4. The van der Waals surface area contributed by atoms with Gasteiger partial charge in [-0.1, -0.05) is 11.6 Å². The number of hydrogen-bond acceptors (Lipinski definition) is 13. The first-order chi connectivity index (χ1) is 25.5. The molecule has 0 aliphatic heterocycles. The van der Waals surface area contributed by atoms with Gasteiger partial charge in [0.05, 0.1) is 62.2 Å². The number of carbonyl (C=O) groups excluding carboxylic acids is 1. The third-order valence-electron chi connectivity index (χ3n) is 9.67. The summed E-state index contributed by atoms with van der Waals surface area (Å²) in [4.78, 5) is 90.7. The Kier molecular flexibility index (Phi) is 9.05. The van der Waals surface area contributed by atoms with E-state index in [2.05, 4.69) is 10.6 Å². The quantitative estimate of drug-likeness (QED) is 0.0634. The SMILES string of the molecule is COc1c(O)c2c(=O)cc(OC)c3c4c(OC)cc(NC(CC(=O)O)C(=O)O)c5c(=O)c(NC(CC(=O)O)C(=O)O)c6c(c(c1C(C(C)=O)C(C)=C6)c23)c54. The Labute approximate surface area is 302 Å². The lowest BCUT2D eigenvalue weighted by Gasteiger charge is -2.26. The molecule has 0 fully saturated rings. The Morgan fingerprint density at radius 1 is 0.722 bits per heavy atom. The number of rotatable bonds is 14. The Morgan fingerprint density at radius 3 is 1.76 bits per heavy atom. The van der Waals surface area contributed by atoms with Gasteiger partial charge in [0.15, 0.2) is 16.9 Å². The largest absolute Gasteiger partial charge is 0.504 e. The molecule has 0 heterocycles. The molecule has 0 bridgehead atoms. The molecule has 280 valence electrons. The molecule has 7 N–H and O–H groups in total. The number of hydrogen-bond donors (Lipinski definition) is 7. The van der Waals surface area contributed by atoms with Crippen LogP contribution < -0.4 is 35.7 Å². The molecule has 0 amide bonds. The number of allylic oxidation sites excluding steroid dienone is 1. The average molecular weight is 745 g/mol. The number of aliphatic carboxylic acids is 4. The fraction of sp³-hybridized carbons (Fsp3) is 0.270. The topological polar surface area (TPSA) is 272 Å². The van der Waals surface area contributed by atoms with Crippen molar-refractivity contribution in [3.05, 3.63) is 49.3 Å². The zero-order chi connectivity index (χ0) is 39.7. The summed E-state index contributed by atoms with van der Waals surface area (Å²) in [6.07, 6.45) is -0.520. The molecule has 54 heavy (non-hydrogen) atoms. The molecule has 5 aromatic rings. The molecule has 5 aromatic carbocycles. The average Bonchev–Trinajstić information content (AvgIpc) is 3.22. The number of aromatic hydroxyl groups is 1.